The average molecular weight is 365 g/mol. The van der Waals surface area contributed by atoms with E-state index >= 15 is 0 Å². The van der Waals surface area contributed by atoms with Gasteiger partial charge in [0, 0.05) is 12.7 Å². The van der Waals surface area contributed by atoms with Gasteiger partial charge in [-0.15, -0.1) is 0 Å². The number of aryl methyl sites for hydroxylation is 5. The number of fused-ring (bicyclic) bond motifs is 2. The van der Waals surface area contributed by atoms with E-state index in [1.807, 2.05) is 27.8 Å². The molecule has 0 radical (unpaired) electrons. The van der Waals surface area contributed by atoms with Crippen LogP contribution in [0.15, 0.2) is 18.2 Å². The van der Waals surface area contributed by atoms with Gasteiger partial charge in [0.25, 0.3) is 5.91 Å². The number of thiazole rings is 1. The van der Waals surface area contributed by atoms with Gasteiger partial charge in [-0.3, -0.25) is 14.8 Å². The molecule has 7 heteroatoms. The van der Waals surface area contributed by atoms with Crippen molar-refractivity contribution in [2.75, 3.05) is 5.32 Å². The van der Waals surface area contributed by atoms with Gasteiger partial charge in [-0.1, -0.05) is 17.4 Å². The van der Waals surface area contributed by atoms with Gasteiger partial charge in [0.2, 0.25) is 0 Å². The molecular formula is C19H19N5OS. The lowest BCUT2D eigenvalue weighted by atomic mass is 10.1. The van der Waals surface area contributed by atoms with Crippen LogP contribution in [0.4, 0.5) is 5.13 Å². The summed E-state index contributed by atoms with van der Waals surface area (Å²) in [6.45, 7) is 7.86. The zero-order chi connectivity index (χ0) is 18.6. The minimum absolute atomic E-state index is 0.190. The average Bonchev–Trinajstić information content (AvgIpc) is 3.07. The van der Waals surface area contributed by atoms with Crippen LogP contribution in [0.2, 0.25) is 0 Å². The number of hydrogen-bond acceptors (Lipinski definition) is 5. The first-order chi connectivity index (χ1) is 12.3. The second kappa shape index (κ2) is 5.88. The van der Waals surface area contributed by atoms with E-state index in [-0.39, 0.29) is 5.91 Å². The minimum Gasteiger partial charge on any atom is -0.298 e. The predicted molar refractivity (Wildman–Crippen MR) is 105 cm³/mol. The van der Waals surface area contributed by atoms with Crippen LogP contribution in [0.25, 0.3) is 21.3 Å². The zero-order valence-electron chi connectivity index (χ0n) is 15.3. The molecule has 0 spiro atoms. The Kier molecular flexibility index (Phi) is 3.77. The fraction of sp³-hybridized carbons (Fsp3) is 0.263. The molecule has 6 nitrogen and oxygen atoms in total. The van der Waals surface area contributed by atoms with Crippen molar-refractivity contribution in [2.45, 2.75) is 27.7 Å². The lowest BCUT2D eigenvalue weighted by Crippen LogP contribution is -2.13. The van der Waals surface area contributed by atoms with E-state index in [0.717, 1.165) is 32.6 Å². The van der Waals surface area contributed by atoms with Crippen LogP contribution in [0, 0.1) is 27.7 Å². The summed E-state index contributed by atoms with van der Waals surface area (Å²) in [7, 11) is 1.84. The van der Waals surface area contributed by atoms with Crippen LogP contribution in [-0.4, -0.2) is 25.7 Å². The Bertz CT molecular complexity index is 1190. The Morgan fingerprint density at radius 1 is 1.12 bits per heavy atom. The number of benzene rings is 1. The first kappa shape index (κ1) is 16.7. The number of anilines is 1. The van der Waals surface area contributed by atoms with E-state index in [4.69, 9.17) is 0 Å². The van der Waals surface area contributed by atoms with Crippen LogP contribution < -0.4 is 5.32 Å². The zero-order valence-corrected chi connectivity index (χ0v) is 16.2. The molecular weight excluding hydrogens is 346 g/mol. The number of aromatic nitrogens is 4. The predicted octanol–water partition coefficient (Wildman–Crippen LogP) is 4.06. The Labute approximate surface area is 154 Å². The van der Waals surface area contributed by atoms with Crippen LogP contribution in [0.1, 0.15) is 32.9 Å². The number of pyridine rings is 1. The molecule has 132 valence electrons. The molecule has 3 aromatic heterocycles. The molecule has 26 heavy (non-hydrogen) atoms. The summed E-state index contributed by atoms with van der Waals surface area (Å²) in [6.07, 6.45) is 0. The topological polar surface area (TPSA) is 72.7 Å². The fourth-order valence-corrected chi connectivity index (χ4v) is 4.37. The Balaban J connectivity index is 1.78. The SMILES string of the molecule is Cc1cc(C)c2nc(NC(=O)c3cc(C)nc4c3c(C)nn4C)sc2c1. The number of amides is 1. The van der Waals surface area contributed by atoms with Crippen molar-refractivity contribution in [2.24, 2.45) is 7.05 Å². The molecule has 4 aromatic rings. The summed E-state index contributed by atoms with van der Waals surface area (Å²) >= 11 is 1.49. The van der Waals surface area contributed by atoms with E-state index in [0.29, 0.717) is 16.3 Å². The van der Waals surface area contributed by atoms with Crippen molar-refractivity contribution >= 4 is 43.6 Å². The first-order valence-electron chi connectivity index (χ1n) is 8.33. The largest absolute Gasteiger partial charge is 0.298 e. The van der Waals surface area contributed by atoms with Crippen LogP contribution in [0.3, 0.4) is 0 Å². The summed E-state index contributed by atoms with van der Waals surface area (Å²) in [6, 6.07) is 5.99. The number of rotatable bonds is 2. The summed E-state index contributed by atoms with van der Waals surface area (Å²) in [5.41, 5.74) is 6.09. The third-order valence-electron chi connectivity index (χ3n) is 4.39. The highest BCUT2D eigenvalue weighted by Gasteiger charge is 2.19. The highest BCUT2D eigenvalue weighted by atomic mass is 32.1. The standard InChI is InChI=1S/C19H19N5OS/c1-9-6-10(2)16-14(7-9)26-19(21-16)22-18(25)13-8-11(3)20-17-15(13)12(4)23-24(17)5/h6-8H,1-5H3,(H,21,22,25). The summed E-state index contributed by atoms with van der Waals surface area (Å²) < 4.78 is 2.78. The Hall–Kier alpha value is -2.80. The molecule has 0 aliphatic heterocycles. The number of carbonyl (C=O) groups excluding carboxylic acids is 1. The van der Waals surface area contributed by atoms with Crippen molar-refractivity contribution in [1.82, 2.24) is 19.7 Å². The summed E-state index contributed by atoms with van der Waals surface area (Å²) in [5.74, 6) is -0.190. The van der Waals surface area contributed by atoms with Crippen molar-refractivity contribution in [3.05, 3.63) is 46.3 Å². The molecule has 4 rings (SSSR count). The monoisotopic (exact) mass is 365 g/mol. The molecule has 1 aromatic carbocycles. The minimum atomic E-state index is -0.190. The first-order valence-corrected chi connectivity index (χ1v) is 9.15. The van der Waals surface area contributed by atoms with Gasteiger partial charge in [0.15, 0.2) is 10.8 Å². The number of carbonyl (C=O) groups is 1. The normalized spacial score (nSPS) is 11.4. The fourth-order valence-electron chi connectivity index (χ4n) is 3.34. The second-order valence-electron chi connectivity index (χ2n) is 6.62. The third-order valence-corrected chi connectivity index (χ3v) is 5.31. The van der Waals surface area contributed by atoms with E-state index in [9.17, 15) is 4.79 Å². The lowest BCUT2D eigenvalue weighted by molar-refractivity contribution is 0.102. The van der Waals surface area contributed by atoms with Crippen LogP contribution >= 0.6 is 11.3 Å². The quantitative estimate of drug-likeness (QED) is 0.581. The third kappa shape index (κ3) is 2.64. The Morgan fingerprint density at radius 2 is 1.88 bits per heavy atom. The van der Waals surface area contributed by atoms with Gasteiger partial charge >= 0.3 is 0 Å². The molecule has 0 fully saturated rings. The maximum absolute atomic E-state index is 13.0. The van der Waals surface area contributed by atoms with Crippen LogP contribution in [-0.2, 0) is 7.05 Å². The van der Waals surface area contributed by atoms with Gasteiger partial charge in [0.05, 0.1) is 26.9 Å². The maximum Gasteiger partial charge on any atom is 0.258 e. The molecule has 0 aliphatic rings. The second-order valence-corrected chi connectivity index (χ2v) is 7.65. The van der Waals surface area contributed by atoms with Crippen molar-refractivity contribution < 1.29 is 4.79 Å². The smallest absolute Gasteiger partial charge is 0.258 e. The van der Waals surface area contributed by atoms with Gasteiger partial charge in [-0.05, 0) is 51.0 Å². The number of nitrogens with zero attached hydrogens (tertiary/aromatic N) is 4. The summed E-state index contributed by atoms with van der Waals surface area (Å²) in [5, 5.41) is 8.73. The van der Waals surface area contributed by atoms with E-state index in [1.54, 1.807) is 10.7 Å². The highest BCUT2D eigenvalue weighted by molar-refractivity contribution is 7.22. The molecule has 0 saturated heterocycles. The molecule has 0 bridgehead atoms. The van der Waals surface area contributed by atoms with Gasteiger partial charge in [0.1, 0.15) is 0 Å². The molecule has 0 unspecified atom stereocenters. The van der Waals surface area contributed by atoms with Crippen LogP contribution in [0.5, 0.6) is 0 Å². The van der Waals surface area contributed by atoms with Gasteiger partial charge in [-0.2, -0.15) is 5.10 Å². The van der Waals surface area contributed by atoms with E-state index in [2.05, 4.69) is 39.4 Å². The van der Waals surface area contributed by atoms with Crippen molar-refractivity contribution in [3.63, 3.8) is 0 Å². The molecule has 1 amide bonds. The number of nitrogens with one attached hydrogen (secondary N) is 1. The van der Waals surface area contributed by atoms with Crippen molar-refractivity contribution in [1.29, 1.82) is 0 Å². The van der Waals surface area contributed by atoms with Gasteiger partial charge in [-0.25, -0.2) is 9.97 Å². The van der Waals surface area contributed by atoms with E-state index < -0.39 is 0 Å². The molecule has 0 atom stereocenters. The molecule has 1 N–H and O–H groups in total. The summed E-state index contributed by atoms with van der Waals surface area (Å²) in [4.78, 5) is 22.1. The maximum atomic E-state index is 13.0. The number of hydrogen-bond donors (Lipinski definition) is 1. The molecule has 3 heterocycles. The van der Waals surface area contributed by atoms with Gasteiger partial charge < -0.3 is 0 Å². The lowest BCUT2D eigenvalue weighted by Gasteiger charge is -2.05. The highest BCUT2D eigenvalue weighted by Crippen LogP contribution is 2.30. The molecule has 0 saturated carbocycles. The van der Waals surface area contributed by atoms with Crippen molar-refractivity contribution in [3.8, 4) is 0 Å². The Morgan fingerprint density at radius 3 is 2.65 bits per heavy atom. The molecule has 0 aliphatic carbocycles. The van der Waals surface area contributed by atoms with E-state index in [1.165, 1.54) is 16.9 Å².